The molecule has 1 N–H and O–H groups in total. The van der Waals surface area contributed by atoms with Crippen molar-refractivity contribution < 1.29 is 18.3 Å². The molecule has 2 fully saturated rings. The summed E-state index contributed by atoms with van der Waals surface area (Å²) in [7, 11) is -2.10. The fraction of sp³-hybridized carbons (Fsp3) is 0.929. The number of piperidine rings is 1. The lowest BCUT2D eigenvalue weighted by Crippen LogP contribution is -2.55. The smallest absolute Gasteiger partial charge is 0.322 e. The minimum absolute atomic E-state index is 0.0138. The Balaban J connectivity index is 2.20. The van der Waals surface area contributed by atoms with Gasteiger partial charge < -0.3 is 5.11 Å². The zero-order valence-electron chi connectivity index (χ0n) is 12.9. The molecule has 0 aromatic carbocycles. The second-order valence-corrected chi connectivity index (χ2v) is 8.25. The van der Waals surface area contributed by atoms with E-state index >= 15 is 0 Å². The monoisotopic (exact) mass is 318 g/mol. The van der Waals surface area contributed by atoms with Gasteiger partial charge in [0.25, 0.3) is 10.2 Å². The molecule has 2 aliphatic rings. The van der Waals surface area contributed by atoms with Crippen LogP contribution in [0.5, 0.6) is 0 Å². The predicted octanol–water partition coefficient (Wildman–Crippen LogP) is 1.68. The van der Waals surface area contributed by atoms with Gasteiger partial charge in [0.2, 0.25) is 0 Å². The van der Waals surface area contributed by atoms with Crippen LogP contribution < -0.4 is 0 Å². The first-order valence-electron chi connectivity index (χ1n) is 7.83. The highest BCUT2D eigenvalue weighted by Crippen LogP contribution is 2.31. The number of carboxylic acids is 1. The summed E-state index contributed by atoms with van der Waals surface area (Å²) in [5.41, 5.74) is 0. The molecule has 6 nitrogen and oxygen atoms in total. The predicted molar refractivity (Wildman–Crippen MR) is 80.1 cm³/mol. The van der Waals surface area contributed by atoms with Crippen molar-refractivity contribution >= 4 is 16.2 Å². The van der Waals surface area contributed by atoms with Crippen LogP contribution in [0.3, 0.4) is 0 Å². The molecule has 0 amide bonds. The molecule has 3 atom stereocenters. The molecule has 1 heterocycles. The number of hydrogen-bond donors (Lipinski definition) is 1. The summed E-state index contributed by atoms with van der Waals surface area (Å²) in [5.74, 6) is -0.713. The van der Waals surface area contributed by atoms with Crippen molar-refractivity contribution in [3.05, 3.63) is 0 Å². The first-order valence-corrected chi connectivity index (χ1v) is 9.23. The van der Waals surface area contributed by atoms with Crippen LogP contribution in [0.15, 0.2) is 0 Å². The summed E-state index contributed by atoms with van der Waals surface area (Å²) < 4.78 is 28.3. The van der Waals surface area contributed by atoms with E-state index in [1.54, 1.807) is 7.05 Å². The standard InChI is InChI=1S/C14H26N2O4S/c1-11-7-3-4-8-12(11)15(2)21(19,20)16-10-6-5-9-13(16)14(17)18/h11-13H,3-10H2,1-2H3,(H,17,18). The van der Waals surface area contributed by atoms with Crippen molar-refractivity contribution in [3.63, 3.8) is 0 Å². The van der Waals surface area contributed by atoms with E-state index < -0.39 is 22.2 Å². The number of rotatable bonds is 4. The Morgan fingerprint density at radius 3 is 2.38 bits per heavy atom. The first-order chi connectivity index (χ1) is 9.85. The lowest BCUT2D eigenvalue weighted by Gasteiger charge is -2.40. The van der Waals surface area contributed by atoms with Gasteiger partial charge in [0, 0.05) is 19.6 Å². The van der Waals surface area contributed by atoms with Crippen molar-refractivity contribution in [3.8, 4) is 0 Å². The SMILES string of the molecule is CC1CCCCC1N(C)S(=O)(=O)N1CCCCC1C(=O)O. The van der Waals surface area contributed by atoms with Crippen LogP contribution in [0, 0.1) is 5.92 Å². The Bertz CT molecular complexity index is 479. The van der Waals surface area contributed by atoms with Crippen molar-refractivity contribution in [1.82, 2.24) is 8.61 Å². The molecule has 2 rings (SSSR count). The number of hydrogen-bond acceptors (Lipinski definition) is 3. The molecule has 3 unspecified atom stereocenters. The number of aliphatic carboxylic acids is 1. The maximum atomic E-state index is 12.8. The van der Waals surface area contributed by atoms with E-state index in [4.69, 9.17) is 0 Å². The summed E-state index contributed by atoms with van der Waals surface area (Å²) in [5, 5.41) is 9.29. The fourth-order valence-corrected chi connectivity index (χ4v) is 5.46. The van der Waals surface area contributed by atoms with Crippen LogP contribution >= 0.6 is 0 Å². The van der Waals surface area contributed by atoms with E-state index in [0.29, 0.717) is 18.9 Å². The topological polar surface area (TPSA) is 77.9 Å². The average Bonchev–Trinajstić information content (AvgIpc) is 2.47. The van der Waals surface area contributed by atoms with Gasteiger partial charge in [-0.1, -0.05) is 19.8 Å². The zero-order chi connectivity index (χ0) is 15.6. The van der Waals surface area contributed by atoms with Gasteiger partial charge in [-0.15, -0.1) is 0 Å². The van der Waals surface area contributed by atoms with Crippen LogP contribution in [-0.4, -0.2) is 53.8 Å². The third kappa shape index (κ3) is 3.40. The van der Waals surface area contributed by atoms with Gasteiger partial charge >= 0.3 is 5.97 Å². The van der Waals surface area contributed by atoms with E-state index in [-0.39, 0.29) is 6.04 Å². The van der Waals surface area contributed by atoms with Crippen molar-refractivity contribution in [2.24, 2.45) is 5.92 Å². The third-order valence-electron chi connectivity index (χ3n) is 4.93. The summed E-state index contributed by atoms with van der Waals surface area (Å²) in [6.07, 6.45) is 5.99. The number of nitrogens with zero attached hydrogens (tertiary/aromatic N) is 2. The van der Waals surface area contributed by atoms with Crippen molar-refractivity contribution in [1.29, 1.82) is 0 Å². The van der Waals surface area contributed by atoms with Crippen molar-refractivity contribution in [2.45, 2.75) is 64.0 Å². The highest BCUT2D eigenvalue weighted by molar-refractivity contribution is 7.86. The molecule has 0 aromatic heterocycles. The Hall–Kier alpha value is -0.660. The van der Waals surface area contributed by atoms with Gasteiger partial charge in [0.1, 0.15) is 6.04 Å². The second kappa shape index (κ2) is 6.62. The molecule has 0 bridgehead atoms. The van der Waals surface area contributed by atoms with E-state index in [1.807, 2.05) is 0 Å². The van der Waals surface area contributed by atoms with Crippen molar-refractivity contribution in [2.75, 3.05) is 13.6 Å². The Kier molecular flexibility index (Phi) is 5.27. The minimum Gasteiger partial charge on any atom is -0.480 e. The molecule has 1 saturated carbocycles. The molecule has 1 aliphatic heterocycles. The lowest BCUT2D eigenvalue weighted by molar-refractivity contribution is -0.142. The minimum atomic E-state index is -3.70. The van der Waals surface area contributed by atoms with Crippen LogP contribution in [0.1, 0.15) is 51.9 Å². The van der Waals surface area contributed by atoms with Gasteiger partial charge in [-0.3, -0.25) is 4.79 Å². The van der Waals surface area contributed by atoms with Crippen LogP contribution in [0.4, 0.5) is 0 Å². The molecule has 122 valence electrons. The second-order valence-electron chi connectivity index (χ2n) is 6.31. The van der Waals surface area contributed by atoms with Gasteiger partial charge in [-0.2, -0.15) is 17.0 Å². The molecule has 1 aliphatic carbocycles. The molecular weight excluding hydrogens is 292 g/mol. The number of carboxylic acid groups (broad SMARTS) is 1. The lowest BCUT2D eigenvalue weighted by atomic mass is 9.86. The summed E-state index contributed by atoms with van der Waals surface area (Å²) in [6.45, 7) is 2.39. The Labute approximate surface area is 127 Å². The van der Waals surface area contributed by atoms with Gasteiger partial charge in [-0.25, -0.2) is 0 Å². The van der Waals surface area contributed by atoms with Gasteiger partial charge in [0.05, 0.1) is 0 Å². The maximum Gasteiger partial charge on any atom is 0.322 e. The zero-order valence-corrected chi connectivity index (χ0v) is 13.7. The van der Waals surface area contributed by atoms with Crippen LogP contribution in [0.25, 0.3) is 0 Å². The molecule has 0 aromatic rings. The normalized spacial score (nSPS) is 32.2. The number of carbonyl (C=O) groups is 1. The van der Waals surface area contributed by atoms with Crippen LogP contribution in [0.2, 0.25) is 0 Å². The van der Waals surface area contributed by atoms with E-state index in [9.17, 15) is 18.3 Å². The Morgan fingerprint density at radius 1 is 1.14 bits per heavy atom. The maximum absolute atomic E-state index is 12.8. The molecule has 0 radical (unpaired) electrons. The van der Waals surface area contributed by atoms with E-state index in [1.165, 1.54) is 8.61 Å². The molecule has 1 saturated heterocycles. The van der Waals surface area contributed by atoms with Gasteiger partial charge in [-0.05, 0) is 38.0 Å². The quantitative estimate of drug-likeness (QED) is 0.855. The highest BCUT2D eigenvalue weighted by atomic mass is 32.2. The van der Waals surface area contributed by atoms with Gasteiger partial charge in [0.15, 0.2) is 0 Å². The largest absolute Gasteiger partial charge is 0.480 e. The fourth-order valence-electron chi connectivity index (χ4n) is 3.60. The molecular formula is C14H26N2O4S. The summed E-state index contributed by atoms with van der Waals surface area (Å²) in [4.78, 5) is 11.4. The third-order valence-corrected chi connectivity index (χ3v) is 6.96. The van der Waals surface area contributed by atoms with Crippen LogP contribution in [-0.2, 0) is 15.0 Å². The first kappa shape index (κ1) is 16.7. The Morgan fingerprint density at radius 2 is 1.76 bits per heavy atom. The highest BCUT2D eigenvalue weighted by Gasteiger charge is 2.42. The van der Waals surface area contributed by atoms with E-state index in [0.717, 1.165) is 38.5 Å². The molecule has 0 spiro atoms. The summed E-state index contributed by atoms with van der Waals surface area (Å²) in [6, 6.07) is -0.926. The molecule has 21 heavy (non-hydrogen) atoms. The van der Waals surface area contributed by atoms with E-state index in [2.05, 4.69) is 6.92 Å². The average molecular weight is 318 g/mol. The summed E-state index contributed by atoms with van der Waals surface area (Å²) >= 11 is 0. The molecule has 7 heteroatoms.